The first kappa shape index (κ1) is 17.6. The Bertz CT molecular complexity index is 608. The minimum Gasteiger partial charge on any atom is -0.616 e. The average Bonchev–Trinajstić information content (AvgIpc) is 2.99. The van der Waals surface area contributed by atoms with E-state index in [1.807, 2.05) is 0 Å². The second-order valence-corrected chi connectivity index (χ2v) is 9.38. The van der Waals surface area contributed by atoms with Crippen molar-refractivity contribution in [3.05, 3.63) is 29.6 Å². The number of halogens is 3. The van der Waals surface area contributed by atoms with Crippen LogP contribution in [0.5, 0.6) is 0 Å². The zero-order valence-electron chi connectivity index (χ0n) is 14.1. The first-order chi connectivity index (χ1) is 11.8. The van der Waals surface area contributed by atoms with E-state index in [1.165, 1.54) is 6.42 Å². The smallest absolute Gasteiger partial charge is 0.417 e. The number of aromatic nitrogens is 1. The van der Waals surface area contributed by atoms with Gasteiger partial charge in [-0.2, -0.15) is 13.2 Å². The van der Waals surface area contributed by atoms with E-state index in [4.69, 9.17) is 0 Å². The summed E-state index contributed by atoms with van der Waals surface area (Å²) in [6, 6.07) is 3.26. The molecule has 4 rings (SSSR count). The average molecular weight is 372 g/mol. The van der Waals surface area contributed by atoms with Crippen LogP contribution in [-0.4, -0.2) is 45.1 Å². The topological polar surface area (TPSA) is 39.2 Å². The Morgan fingerprint density at radius 2 is 1.88 bits per heavy atom. The van der Waals surface area contributed by atoms with Crippen LogP contribution in [0.4, 0.5) is 13.2 Å². The van der Waals surface area contributed by atoms with Crippen LogP contribution in [0.1, 0.15) is 49.3 Å². The Morgan fingerprint density at radius 1 is 1.16 bits per heavy atom. The van der Waals surface area contributed by atoms with Gasteiger partial charge in [0, 0.05) is 30.4 Å². The molecule has 2 aliphatic heterocycles. The summed E-state index contributed by atoms with van der Waals surface area (Å²) in [4.78, 5) is 6.64. The van der Waals surface area contributed by atoms with Gasteiger partial charge in [0.05, 0.1) is 11.0 Å². The molecule has 0 amide bonds. The summed E-state index contributed by atoms with van der Waals surface area (Å²) < 4.78 is 49.4. The molecule has 1 aromatic heterocycles. The van der Waals surface area contributed by atoms with E-state index in [-0.39, 0.29) is 5.92 Å². The van der Waals surface area contributed by atoms with Crippen LogP contribution in [-0.2, 0) is 17.4 Å². The number of hydrogen-bond acceptors (Lipinski definition) is 3. The molecule has 0 aromatic carbocycles. The molecular formula is C18H23F3N2OS. The molecule has 0 unspecified atom stereocenters. The lowest BCUT2D eigenvalue weighted by Crippen LogP contribution is -2.51. The number of nitrogens with zero attached hydrogens (tertiary/aromatic N) is 2. The minimum atomic E-state index is -4.32. The highest BCUT2D eigenvalue weighted by Gasteiger charge is 2.53. The van der Waals surface area contributed by atoms with Gasteiger partial charge in [0.25, 0.3) is 0 Å². The lowest BCUT2D eigenvalue weighted by molar-refractivity contribution is -0.137. The summed E-state index contributed by atoms with van der Waals surface area (Å²) in [5, 5.41) is 0. The fourth-order valence-electron chi connectivity index (χ4n) is 4.71. The van der Waals surface area contributed by atoms with Crippen LogP contribution in [0.3, 0.4) is 0 Å². The summed E-state index contributed by atoms with van der Waals surface area (Å²) >= 11 is -0.595. The molecule has 3 heterocycles. The van der Waals surface area contributed by atoms with Crippen molar-refractivity contribution in [2.45, 2.75) is 50.2 Å². The molecule has 0 atom stereocenters. The van der Waals surface area contributed by atoms with Crippen molar-refractivity contribution < 1.29 is 17.7 Å². The van der Waals surface area contributed by atoms with Gasteiger partial charge in [-0.3, -0.25) is 9.88 Å². The Hall–Kier alpha value is -0.790. The van der Waals surface area contributed by atoms with Crippen LogP contribution >= 0.6 is 0 Å². The molecule has 1 saturated carbocycles. The van der Waals surface area contributed by atoms with E-state index in [2.05, 4.69) is 9.88 Å². The normalized spacial score (nSPS) is 36.6. The largest absolute Gasteiger partial charge is 0.616 e. The van der Waals surface area contributed by atoms with Gasteiger partial charge in [-0.1, -0.05) is 11.2 Å². The molecular weight excluding hydrogens is 349 g/mol. The molecule has 0 N–H and O–H groups in total. The monoisotopic (exact) mass is 372 g/mol. The van der Waals surface area contributed by atoms with E-state index >= 15 is 0 Å². The minimum absolute atomic E-state index is 0.270. The fourth-order valence-corrected chi connectivity index (χ4v) is 6.46. The van der Waals surface area contributed by atoms with E-state index in [1.54, 1.807) is 6.07 Å². The van der Waals surface area contributed by atoms with Gasteiger partial charge in [0.1, 0.15) is 11.5 Å². The molecule has 7 heteroatoms. The maximum absolute atomic E-state index is 12.6. The number of rotatable bonds is 2. The van der Waals surface area contributed by atoms with E-state index in [9.17, 15) is 17.7 Å². The van der Waals surface area contributed by atoms with Crippen LogP contribution in [0.25, 0.3) is 0 Å². The van der Waals surface area contributed by atoms with Gasteiger partial charge >= 0.3 is 6.18 Å². The molecule has 3 aliphatic rings. The predicted octanol–water partition coefficient (Wildman–Crippen LogP) is 3.58. The Balaban J connectivity index is 1.31. The molecule has 2 saturated heterocycles. The molecule has 25 heavy (non-hydrogen) atoms. The SMILES string of the molecule is [O-][S+]1CC2(CCN([C@H]3CC[C@@H](c4ccc(C(F)(F)F)cn4)CC3)C2)C1. The number of pyridine rings is 1. The zero-order valence-corrected chi connectivity index (χ0v) is 14.9. The first-order valence-corrected chi connectivity index (χ1v) is 10.5. The van der Waals surface area contributed by atoms with Crippen LogP contribution in [0.15, 0.2) is 18.3 Å². The highest BCUT2D eigenvalue weighted by molar-refractivity contribution is 7.92. The summed E-state index contributed by atoms with van der Waals surface area (Å²) in [7, 11) is 0. The van der Waals surface area contributed by atoms with Crippen LogP contribution in [0.2, 0.25) is 0 Å². The number of hydrogen-bond donors (Lipinski definition) is 0. The lowest BCUT2D eigenvalue weighted by atomic mass is 9.83. The second kappa shape index (κ2) is 6.43. The van der Waals surface area contributed by atoms with Gasteiger partial charge in [-0.05, 0) is 50.8 Å². The molecule has 1 aliphatic carbocycles. The van der Waals surface area contributed by atoms with Gasteiger partial charge < -0.3 is 4.55 Å². The van der Waals surface area contributed by atoms with Crippen molar-refractivity contribution in [1.29, 1.82) is 0 Å². The number of likely N-dealkylation sites (tertiary alicyclic amines) is 1. The molecule has 3 fully saturated rings. The third-order valence-electron chi connectivity index (χ3n) is 6.15. The third kappa shape index (κ3) is 3.55. The standard InChI is InChI=1S/C18H23F3N2OS/c19-18(20,21)14-3-6-16(22-9-14)13-1-4-15(5-2-13)23-8-7-17(10-23)11-25(24)12-17/h3,6,9,13,15H,1-2,4-5,7-8,10-12H2/t13-,15+,17?,25?. The predicted molar refractivity (Wildman–Crippen MR) is 90.7 cm³/mol. The van der Waals surface area contributed by atoms with Crippen molar-refractivity contribution >= 4 is 11.2 Å². The number of alkyl halides is 3. The van der Waals surface area contributed by atoms with Gasteiger partial charge in [0.2, 0.25) is 0 Å². The van der Waals surface area contributed by atoms with Crippen molar-refractivity contribution in [3.63, 3.8) is 0 Å². The van der Waals surface area contributed by atoms with Crippen molar-refractivity contribution in [2.75, 3.05) is 24.6 Å². The van der Waals surface area contributed by atoms with Gasteiger partial charge in [-0.15, -0.1) is 0 Å². The Kier molecular flexibility index (Phi) is 4.53. The molecule has 1 spiro atoms. The van der Waals surface area contributed by atoms with Gasteiger partial charge in [0.15, 0.2) is 0 Å². The first-order valence-electron chi connectivity index (χ1n) is 8.97. The van der Waals surface area contributed by atoms with E-state index in [0.717, 1.165) is 68.2 Å². The van der Waals surface area contributed by atoms with Gasteiger partial charge in [-0.25, -0.2) is 0 Å². The Labute approximate surface area is 149 Å². The van der Waals surface area contributed by atoms with E-state index < -0.39 is 22.9 Å². The second-order valence-electron chi connectivity index (χ2n) is 7.92. The van der Waals surface area contributed by atoms with Crippen molar-refractivity contribution in [1.82, 2.24) is 9.88 Å². The molecule has 3 nitrogen and oxygen atoms in total. The van der Waals surface area contributed by atoms with Crippen LogP contribution in [0, 0.1) is 5.41 Å². The maximum atomic E-state index is 12.6. The summed E-state index contributed by atoms with van der Waals surface area (Å²) in [6.45, 7) is 2.18. The molecule has 1 aromatic rings. The third-order valence-corrected chi connectivity index (χ3v) is 8.02. The lowest BCUT2D eigenvalue weighted by Gasteiger charge is -2.40. The molecule has 138 valence electrons. The molecule has 0 radical (unpaired) electrons. The zero-order chi connectivity index (χ0) is 17.7. The highest BCUT2D eigenvalue weighted by atomic mass is 32.2. The van der Waals surface area contributed by atoms with Crippen LogP contribution < -0.4 is 0 Å². The highest BCUT2D eigenvalue weighted by Crippen LogP contribution is 2.44. The maximum Gasteiger partial charge on any atom is 0.417 e. The summed E-state index contributed by atoms with van der Waals surface area (Å²) in [5.41, 5.74) is 0.431. The summed E-state index contributed by atoms with van der Waals surface area (Å²) in [6.07, 6.45) is 1.93. The quantitative estimate of drug-likeness (QED) is 0.745. The van der Waals surface area contributed by atoms with Crippen molar-refractivity contribution in [3.8, 4) is 0 Å². The summed E-state index contributed by atoms with van der Waals surface area (Å²) in [5.74, 6) is 2.01. The van der Waals surface area contributed by atoms with Crippen molar-refractivity contribution in [2.24, 2.45) is 5.41 Å². The fraction of sp³-hybridized carbons (Fsp3) is 0.722. The van der Waals surface area contributed by atoms with E-state index in [0.29, 0.717) is 11.5 Å². The molecule has 0 bridgehead atoms. The Morgan fingerprint density at radius 3 is 2.44 bits per heavy atom.